The van der Waals surface area contributed by atoms with Gasteiger partial charge in [0.1, 0.15) is 0 Å². The van der Waals surface area contributed by atoms with E-state index in [-0.39, 0.29) is 18.6 Å². The number of nitrogens with zero attached hydrogens (tertiary/aromatic N) is 4. The monoisotopic (exact) mass is 350 g/mol. The van der Waals surface area contributed by atoms with Gasteiger partial charge in [0, 0.05) is 50.7 Å². The first kappa shape index (κ1) is 17.6. The maximum absolute atomic E-state index is 12.5. The summed E-state index contributed by atoms with van der Waals surface area (Å²) in [5.41, 5.74) is 0.914. The Kier molecular flexibility index (Phi) is 6.08. The van der Waals surface area contributed by atoms with Gasteiger partial charge in [-0.3, -0.25) is 9.69 Å². The highest BCUT2D eigenvalue weighted by Gasteiger charge is 2.33. The lowest BCUT2D eigenvalue weighted by atomic mass is 10.1. The largest absolute Gasteiger partial charge is 0.396 e. The van der Waals surface area contributed by atoms with Gasteiger partial charge in [-0.2, -0.15) is 0 Å². The van der Waals surface area contributed by atoms with Gasteiger partial charge < -0.3 is 10.0 Å². The Balaban J connectivity index is 1.51. The summed E-state index contributed by atoms with van der Waals surface area (Å²) in [5.74, 6) is 1.35. The van der Waals surface area contributed by atoms with E-state index in [2.05, 4.69) is 14.9 Å². The molecule has 3 rings (SSSR count). The first-order chi connectivity index (χ1) is 11.7. The number of aliphatic hydroxyl groups is 1. The molecule has 1 aliphatic carbocycles. The SMILES string of the molecule is Cc1ccnc(SCC(=O)N2CCN(CC3CC3)[C@H](CCO)C2)n1. The summed E-state index contributed by atoms with van der Waals surface area (Å²) in [6.45, 7) is 5.65. The van der Waals surface area contributed by atoms with E-state index < -0.39 is 0 Å². The number of piperazine rings is 1. The second kappa shape index (κ2) is 8.27. The van der Waals surface area contributed by atoms with Crippen LogP contribution in [-0.2, 0) is 4.79 Å². The number of hydrogen-bond donors (Lipinski definition) is 1. The highest BCUT2D eigenvalue weighted by atomic mass is 32.2. The molecule has 1 aromatic heterocycles. The van der Waals surface area contributed by atoms with Gasteiger partial charge in [-0.25, -0.2) is 9.97 Å². The Hall–Kier alpha value is -1.18. The zero-order chi connectivity index (χ0) is 16.9. The minimum absolute atomic E-state index is 0.138. The van der Waals surface area contributed by atoms with Crippen LogP contribution in [0, 0.1) is 12.8 Å². The van der Waals surface area contributed by atoms with Crippen molar-refractivity contribution in [1.29, 1.82) is 0 Å². The summed E-state index contributed by atoms with van der Waals surface area (Å²) in [6, 6.07) is 2.14. The predicted octanol–water partition coefficient (Wildman–Crippen LogP) is 1.18. The van der Waals surface area contributed by atoms with Crippen LogP contribution in [0.15, 0.2) is 17.4 Å². The lowest BCUT2D eigenvalue weighted by molar-refractivity contribution is -0.131. The molecule has 0 spiro atoms. The molecule has 2 fully saturated rings. The maximum atomic E-state index is 12.5. The van der Waals surface area contributed by atoms with E-state index in [1.165, 1.54) is 24.6 Å². The number of carbonyl (C=O) groups is 1. The molecule has 6 nitrogen and oxygen atoms in total. The van der Waals surface area contributed by atoms with Crippen molar-refractivity contribution < 1.29 is 9.90 Å². The minimum atomic E-state index is 0.138. The molecule has 1 amide bonds. The number of aliphatic hydroxyl groups excluding tert-OH is 1. The van der Waals surface area contributed by atoms with E-state index >= 15 is 0 Å². The van der Waals surface area contributed by atoms with Crippen LogP contribution in [0.4, 0.5) is 0 Å². The number of carbonyl (C=O) groups excluding carboxylic acids is 1. The summed E-state index contributed by atoms with van der Waals surface area (Å²) < 4.78 is 0. The molecule has 1 aliphatic heterocycles. The summed E-state index contributed by atoms with van der Waals surface area (Å²) >= 11 is 1.40. The number of aromatic nitrogens is 2. The Morgan fingerprint density at radius 2 is 2.25 bits per heavy atom. The molecule has 1 saturated carbocycles. The van der Waals surface area contributed by atoms with Gasteiger partial charge in [-0.1, -0.05) is 11.8 Å². The quantitative estimate of drug-likeness (QED) is 0.588. The van der Waals surface area contributed by atoms with Crippen molar-refractivity contribution in [2.75, 3.05) is 38.5 Å². The van der Waals surface area contributed by atoms with Gasteiger partial charge in [0.2, 0.25) is 5.91 Å². The second-order valence-electron chi connectivity index (χ2n) is 6.71. The summed E-state index contributed by atoms with van der Waals surface area (Å²) in [7, 11) is 0. The zero-order valence-corrected chi connectivity index (χ0v) is 15.0. The average Bonchev–Trinajstić information content (AvgIpc) is 3.38. The molecule has 1 atom stereocenters. The highest BCUT2D eigenvalue weighted by molar-refractivity contribution is 7.99. The highest BCUT2D eigenvalue weighted by Crippen LogP contribution is 2.31. The molecule has 2 heterocycles. The standard InChI is InChI=1S/C17H26N4O2S/c1-13-4-6-18-17(19-13)24-12-16(23)21-8-7-20(10-14-2-3-14)15(11-21)5-9-22/h4,6,14-15,22H,2-3,5,7-12H2,1H3/t15-/m1/s1. The third-order valence-electron chi connectivity index (χ3n) is 4.71. The van der Waals surface area contributed by atoms with Crippen LogP contribution in [0.25, 0.3) is 0 Å². The number of aryl methyl sites for hydroxylation is 1. The van der Waals surface area contributed by atoms with Gasteiger partial charge in [0.15, 0.2) is 5.16 Å². The van der Waals surface area contributed by atoms with E-state index in [0.717, 1.165) is 44.2 Å². The molecule has 0 bridgehead atoms. The summed E-state index contributed by atoms with van der Waals surface area (Å²) in [6.07, 6.45) is 5.13. The average molecular weight is 350 g/mol. The Bertz CT molecular complexity index is 567. The Morgan fingerprint density at radius 3 is 2.96 bits per heavy atom. The summed E-state index contributed by atoms with van der Waals surface area (Å²) in [5, 5.41) is 9.99. The lowest BCUT2D eigenvalue weighted by Crippen LogP contribution is -2.55. The first-order valence-electron chi connectivity index (χ1n) is 8.71. The van der Waals surface area contributed by atoms with Crippen LogP contribution in [0.3, 0.4) is 0 Å². The van der Waals surface area contributed by atoms with E-state index in [9.17, 15) is 9.90 Å². The minimum Gasteiger partial charge on any atom is -0.396 e. The van der Waals surface area contributed by atoms with Crippen LogP contribution in [0.2, 0.25) is 0 Å². The molecule has 0 aromatic carbocycles. The van der Waals surface area contributed by atoms with E-state index in [1.54, 1.807) is 6.20 Å². The molecule has 1 aromatic rings. The third kappa shape index (κ3) is 4.91. The predicted molar refractivity (Wildman–Crippen MR) is 93.9 cm³/mol. The molecular weight excluding hydrogens is 324 g/mol. The fourth-order valence-corrected chi connectivity index (χ4v) is 3.91. The molecule has 2 aliphatic rings. The van der Waals surface area contributed by atoms with Crippen molar-refractivity contribution in [2.45, 2.75) is 37.4 Å². The van der Waals surface area contributed by atoms with Crippen molar-refractivity contribution in [3.05, 3.63) is 18.0 Å². The van der Waals surface area contributed by atoms with Gasteiger partial charge in [0.05, 0.1) is 5.75 Å². The Morgan fingerprint density at radius 1 is 1.42 bits per heavy atom. The molecule has 0 radical (unpaired) electrons. The van der Waals surface area contributed by atoms with Crippen molar-refractivity contribution in [2.24, 2.45) is 5.92 Å². The first-order valence-corrected chi connectivity index (χ1v) is 9.69. The van der Waals surface area contributed by atoms with Crippen LogP contribution in [-0.4, -0.2) is 75.4 Å². The maximum Gasteiger partial charge on any atom is 0.233 e. The smallest absolute Gasteiger partial charge is 0.233 e. The normalized spacial score (nSPS) is 21.9. The van der Waals surface area contributed by atoms with Crippen molar-refractivity contribution >= 4 is 17.7 Å². The molecule has 24 heavy (non-hydrogen) atoms. The van der Waals surface area contributed by atoms with Crippen molar-refractivity contribution in [3.63, 3.8) is 0 Å². The van der Waals surface area contributed by atoms with Gasteiger partial charge in [-0.05, 0) is 38.2 Å². The van der Waals surface area contributed by atoms with Crippen LogP contribution < -0.4 is 0 Å². The van der Waals surface area contributed by atoms with Gasteiger partial charge >= 0.3 is 0 Å². The zero-order valence-electron chi connectivity index (χ0n) is 14.2. The van der Waals surface area contributed by atoms with Crippen molar-refractivity contribution in [3.8, 4) is 0 Å². The molecule has 1 N–H and O–H groups in total. The lowest BCUT2D eigenvalue weighted by Gasteiger charge is -2.41. The van der Waals surface area contributed by atoms with E-state index in [4.69, 9.17) is 0 Å². The molecule has 1 saturated heterocycles. The number of amides is 1. The number of rotatable bonds is 7. The Labute approximate surface area is 147 Å². The topological polar surface area (TPSA) is 69.6 Å². The number of hydrogen-bond acceptors (Lipinski definition) is 6. The van der Waals surface area contributed by atoms with E-state index in [1.807, 2.05) is 17.9 Å². The van der Waals surface area contributed by atoms with Crippen LogP contribution in [0.5, 0.6) is 0 Å². The summed E-state index contributed by atoms with van der Waals surface area (Å²) in [4.78, 5) is 25.4. The fourth-order valence-electron chi connectivity index (χ4n) is 3.13. The van der Waals surface area contributed by atoms with Crippen LogP contribution in [0.1, 0.15) is 25.0 Å². The molecule has 7 heteroatoms. The van der Waals surface area contributed by atoms with E-state index in [0.29, 0.717) is 10.9 Å². The molecule has 0 unspecified atom stereocenters. The van der Waals surface area contributed by atoms with Gasteiger partial charge in [0.25, 0.3) is 0 Å². The van der Waals surface area contributed by atoms with Crippen molar-refractivity contribution in [1.82, 2.24) is 19.8 Å². The molecular formula is C17H26N4O2S. The second-order valence-corrected chi connectivity index (χ2v) is 7.66. The number of thioether (sulfide) groups is 1. The molecule has 132 valence electrons. The fraction of sp³-hybridized carbons (Fsp3) is 0.706. The van der Waals surface area contributed by atoms with Crippen LogP contribution >= 0.6 is 11.8 Å². The third-order valence-corrected chi connectivity index (χ3v) is 5.55. The van der Waals surface area contributed by atoms with Gasteiger partial charge in [-0.15, -0.1) is 0 Å².